The molecule has 0 spiro atoms. The van der Waals surface area contributed by atoms with E-state index in [9.17, 15) is 17.4 Å². The van der Waals surface area contributed by atoms with Crippen molar-refractivity contribution in [3.05, 3.63) is 23.9 Å². The monoisotopic (exact) mass is 366 g/mol. The Balaban J connectivity index is 1.85. The summed E-state index contributed by atoms with van der Waals surface area (Å²) in [6, 6.07) is 3.30. The summed E-state index contributed by atoms with van der Waals surface area (Å²) in [5.74, 6) is -1.32. The number of hydrogen-bond donors (Lipinski definition) is 1. The first kappa shape index (κ1) is 17.4. The summed E-state index contributed by atoms with van der Waals surface area (Å²) in [6.07, 6.45) is -6.68. The maximum absolute atomic E-state index is 12.7. The van der Waals surface area contributed by atoms with Gasteiger partial charge in [0, 0.05) is 6.07 Å². The molecular weight excluding hydrogens is 349 g/mol. The van der Waals surface area contributed by atoms with Gasteiger partial charge in [0.1, 0.15) is 24.0 Å². The summed E-state index contributed by atoms with van der Waals surface area (Å²) in [5, 5.41) is 0. The Bertz CT molecular complexity index is 736. The molecule has 0 aliphatic carbocycles. The first-order chi connectivity index (χ1) is 11.0. The highest BCUT2D eigenvalue weighted by Gasteiger charge is 2.51. The molecule has 2 aliphatic heterocycles. The number of fused-ring (bicyclic) bond motifs is 1. The molecule has 3 rings (SSSR count). The molecule has 0 saturated carbocycles. The Morgan fingerprint density at radius 1 is 1.33 bits per heavy atom. The predicted octanol–water partition coefficient (Wildman–Crippen LogP) is 2.43. The molecule has 1 unspecified atom stereocenters. The molecule has 0 aromatic carbocycles. The maximum atomic E-state index is 12.7. The standard InChI is InChI=1S/C14H17F3N2O4S/c1-13(2)22-9-7-24(18,20)6-8(12(9)23-13)21-11-5-3-4-10(19-11)14(15,16)17/h3-5,8-9,12,18H,6-7H2,1-2H3/t8-,9-,12+,24?/m0/s1. The van der Waals surface area contributed by atoms with Crippen LogP contribution in [0.3, 0.4) is 0 Å². The van der Waals surface area contributed by atoms with E-state index in [2.05, 4.69) is 4.98 Å². The van der Waals surface area contributed by atoms with Crippen molar-refractivity contribution >= 4 is 9.73 Å². The number of rotatable bonds is 2. The van der Waals surface area contributed by atoms with Gasteiger partial charge >= 0.3 is 6.18 Å². The largest absolute Gasteiger partial charge is 0.470 e. The van der Waals surface area contributed by atoms with Crippen LogP contribution in [0.2, 0.25) is 0 Å². The van der Waals surface area contributed by atoms with Gasteiger partial charge in [-0.3, -0.25) is 4.78 Å². The molecule has 1 aromatic rings. The normalized spacial score (nSPS) is 35.5. The second-order valence-electron chi connectivity index (χ2n) is 6.30. The molecule has 4 atom stereocenters. The van der Waals surface area contributed by atoms with E-state index < -0.39 is 45.7 Å². The molecule has 0 radical (unpaired) electrons. The second kappa shape index (κ2) is 5.57. The zero-order valence-corrected chi connectivity index (χ0v) is 13.8. The molecule has 0 amide bonds. The van der Waals surface area contributed by atoms with Crippen LogP contribution in [0, 0.1) is 4.78 Å². The Labute approximate surface area is 137 Å². The molecule has 1 N–H and O–H groups in total. The lowest BCUT2D eigenvalue weighted by Gasteiger charge is -2.32. The zero-order valence-electron chi connectivity index (χ0n) is 13.0. The van der Waals surface area contributed by atoms with E-state index in [0.717, 1.165) is 6.07 Å². The second-order valence-corrected chi connectivity index (χ2v) is 8.59. The van der Waals surface area contributed by atoms with Crippen molar-refractivity contribution < 1.29 is 31.6 Å². The fraction of sp³-hybridized carbons (Fsp3) is 0.643. The Kier molecular flexibility index (Phi) is 4.04. The average Bonchev–Trinajstić information content (AvgIpc) is 2.71. The Morgan fingerprint density at radius 2 is 2.04 bits per heavy atom. The molecule has 6 nitrogen and oxygen atoms in total. The topological polar surface area (TPSA) is 81.5 Å². The van der Waals surface area contributed by atoms with Crippen molar-refractivity contribution in [2.45, 2.75) is 44.1 Å². The van der Waals surface area contributed by atoms with Crippen LogP contribution < -0.4 is 4.74 Å². The SMILES string of the molecule is CC1(C)O[C@@H]2[C@@H](Oc3cccc(C(F)(F)F)n3)CS(=N)(=O)C[C@@H]2O1. The highest BCUT2D eigenvalue weighted by molar-refractivity contribution is 7.92. The van der Waals surface area contributed by atoms with Crippen molar-refractivity contribution in [2.24, 2.45) is 0 Å². The number of nitrogens with zero attached hydrogens (tertiary/aromatic N) is 1. The van der Waals surface area contributed by atoms with E-state index in [1.165, 1.54) is 12.1 Å². The number of aromatic nitrogens is 1. The van der Waals surface area contributed by atoms with Gasteiger partial charge in [-0.25, -0.2) is 9.19 Å². The van der Waals surface area contributed by atoms with E-state index >= 15 is 0 Å². The van der Waals surface area contributed by atoms with E-state index in [1.54, 1.807) is 13.8 Å². The fourth-order valence-electron chi connectivity index (χ4n) is 2.90. The summed E-state index contributed by atoms with van der Waals surface area (Å²) in [5.41, 5.74) is -1.08. The summed E-state index contributed by atoms with van der Waals surface area (Å²) >= 11 is 0. The van der Waals surface area contributed by atoms with Gasteiger partial charge in [-0.05, 0) is 19.9 Å². The van der Waals surface area contributed by atoms with Crippen LogP contribution in [0.25, 0.3) is 0 Å². The van der Waals surface area contributed by atoms with E-state index in [4.69, 9.17) is 19.0 Å². The number of ether oxygens (including phenoxy) is 3. The van der Waals surface area contributed by atoms with Gasteiger partial charge in [-0.15, -0.1) is 0 Å². The lowest BCUT2D eigenvalue weighted by molar-refractivity contribution is -0.151. The van der Waals surface area contributed by atoms with Crippen LogP contribution >= 0.6 is 0 Å². The number of nitrogens with one attached hydrogen (secondary N) is 1. The van der Waals surface area contributed by atoms with Crippen LogP contribution in [0.5, 0.6) is 5.88 Å². The third-order valence-electron chi connectivity index (χ3n) is 3.74. The minimum atomic E-state index is -4.59. The highest BCUT2D eigenvalue weighted by atomic mass is 32.2. The van der Waals surface area contributed by atoms with E-state index in [0.29, 0.717) is 0 Å². The third-order valence-corrected chi connectivity index (χ3v) is 5.48. The summed E-state index contributed by atoms with van der Waals surface area (Å²) in [4.78, 5) is 3.44. The zero-order chi connectivity index (χ0) is 17.8. The van der Waals surface area contributed by atoms with E-state index in [1.807, 2.05) is 0 Å². The Hall–Kier alpha value is -1.39. The number of hydrogen-bond acceptors (Lipinski definition) is 6. The van der Waals surface area contributed by atoms with Crippen molar-refractivity contribution in [1.29, 1.82) is 4.78 Å². The van der Waals surface area contributed by atoms with Crippen LogP contribution in [-0.4, -0.2) is 44.8 Å². The van der Waals surface area contributed by atoms with Crippen molar-refractivity contribution in [1.82, 2.24) is 4.98 Å². The van der Waals surface area contributed by atoms with Gasteiger partial charge < -0.3 is 14.2 Å². The van der Waals surface area contributed by atoms with Gasteiger partial charge in [0.2, 0.25) is 5.88 Å². The predicted molar refractivity (Wildman–Crippen MR) is 78.1 cm³/mol. The minimum Gasteiger partial charge on any atom is -0.470 e. The van der Waals surface area contributed by atoms with Crippen molar-refractivity contribution in [2.75, 3.05) is 11.5 Å². The van der Waals surface area contributed by atoms with Gasteiger partial charge in [0.25, 0.3) is 0 Å². The molecule has 24 heavy (non-hydrogen) atoms. The lowest BCUT2D eigenvalue weighted by Crippen LogP contribution is -2.51. The van der Waals surface area contributed by atoms with Crippen molar-refractivity contribution in [3.63, 3.8) is 0 Å². The fourth-order valence-corrected chi connectivity index (χ4v) is 4.61. The molecule has 2 aliphatic rings. The molecule has 2 fully saturated rings. The lowest BCUT2D eigenvalue weighted by atomic mass is 10.1. The summed E-state index contributed by atoms with van der Waals surface area (Å²) in [6.45, 7) is 3.35. The first-order valence-corrected chi connectivity index (χ1v) is 9.16. The summed E-state index contributed by atoms with van der Waals surface area (Å²) in [7, 11) is -2.97. The smallest absolute Gasteiger partial charge is 0.433 e. The minimum absolute atomic E-state index is 0.0109. The number of pyridine rings is 1. The molecule has 134 valence electrons. The maximum Gasteiger partial charge on any atom is 0.433 e. The van der Waals surface area contributed by atoms with Crippen LogP contribution in [0.15, 0.2) is 18.2 Å². The molecule has 1 aromatic heterocycles. The van der Waals surface area contributed by atoms with Crippen LogP contribution in [0.4, 0.5) is 13.2 Å². The van der Waals surface area contributed by atoms with Crippen LogP contribution in [0.1, 0.15) is 19.5 Å². The van der Waals surface area contributed by atoms with Crippen molar-refractivity contribution in [3.8, 4) is 5.88 Å². The van der Waals surface area contributed by atoms with Crippen LogP contribution in [-0.2, 0) is 25.4 Å². The molecule has 10 heteroatoms. The van der Waals surface area contributed by atoms with Gasteiger partial charge in [-0.2, -0.15) is 13.2 Å². The molecule has 0 bridgehead atoms. The third kappa shape index (κ3) is 3.65. The number of alkyl halides is 3. The molecule has 2 saturated heterocycles. The number of halogens is 3. The van der Waals surface area contributed by atoms with Gasteiger partial charge in [-0.1, -0.05) is 6.07 Å². The first-order valence-electron chi connectivity index (χ1n) is 7.26. The quantitative estimate of drug-likeness (QED) is 0.869. The van der Waals surface area contributed by atoms with Gasteiger partial charge in [0.05, 0.1) is 21.2 Å². The summed E-state index contributed by atoms with van der Waals surface area (Å²) < 4.78 is 75.2. The highest BCUT2D eigenvalue weighted by Crippen LogP contribution is 2.36. The van der Waals surface area contributed by atoms with E-state index in [-0.39, 0.29) is 17.4 Å². The van der Waals surface area contributed by atoms with Gasteiger partial charge in [0.15, 0.2) is 5.79 Å². The molecular formula is C14H17F3N2O4S. The Morgan fingerprint density at radius 3 is 2.71 bits per heavy atom. The molecule has 3 heterocycles. The average molecular weight is 366 g/mol.